The average Bonchev–Trinajstić information content (AvgIpc) is 2.76. The SMILES string of the molecule is COc1cc(Cl)cc(C=O)c1OCc1nnc(C)n1C. The van der Waals surface area contributed by atoms with Crippen molar-refractivity contribution >= 4 is 17.9 Å². The van der Waals surface area contributed by atoms with Gasteiger partial charge in [0.2, 0.25) is 0 Å². The molecule has 20 heavy (non-hydrogen) atoms. The number of methoxy groups -OCH3 is 1. The summed E-state index contributed by atoms with van der Waals surface area (Å²) in [5.74, 6) is 2.17. The lowest BCUT2D eigenvalue weighted by Crippen LogP contribution is -2.06. The molecule has 0 saturated carbocycles. The third-order valence-electron chi connectivity index (χ3n) is 2.92. The number of ether oxygens (including phenoxy) is 2. The normalized spacial score (nSPS) is 10.4. The van der Waals surface area contributed by atoms with E-state index < -0.39 is 0 Å². The Morgan fingerprint density at radius 1 is 1.40 bits per heavy atom. The molecule has 0 fully saturated rings. The number of benzene rings is 1. The van der Waals surface area contributed by atoms with Crippen LogP contribution in [-0.2, 0) is 13.7 Å². The second kappa shape index (κ2) is 5.92. The third-order valence-corrected chi connectivity index (χ3v) is 3.14. The van der Waals surface area contributed by atoms with Gasteiger partial charge in [0.05, 0.1) is 12.7 Å². The van der Waals surface area contributed by atoms with Crippen LogP contribution in [0.1, 0.15) is 22.0 Å². The van der Waals surface area contributed by atoms with Crippen LogP contribution in [0.5, 0.6) is 11.5 Å². The predicted octanol–water partition coefficient (Wildman–Crippen LogP) is 2.18. The molecule has 0 aliphatic heterocycles. The molecular formula is C13H14ClN3O3. The number of halogens is 1. The Bertz CT molecular complexity index is 640. The molecular weight excluding hydrogens is 282 g/mol. The number of hydrogen-bond donors (Lipinski definition) is 0. The van der Waals surface area contributed by atoms with E-state index in [1.807, 2.05) is 18.5 Å². The van der Waals surface area contributed by atoms with Gasteiger partial charge in [0, 0.05) is 18.1 Å². The minimum absolute atomic E-state index is 0.177. The lowest BCUT2D eigenvalue weighted by molar-refractivity contribution is 0.111. The summed E-state index contributed by atoms with van der Waals surface area (Å²) in [5.41, 5.74) is 0.327. The first-order chi connectivity index (χ1) is 9.56. The first-order valence-corrected chi connectivity index (χ1v) is 6.25. The van der Waals surface area contributed by atoms with Crippen LogP contribution < -0.4 is 9.47 Å². The second-order valence-corrected chi connectivity index (χ2v) is 4.59. The van der Waals surface area contributed by atoms with Crippen molar-refractivity contribution in [1.82, 2.24) is 14.8 Å². The van der Waals surface area contributed by atoms with Crippen LogP contribution in [0.4, 0.5) is 0 Å². The third kappa shape index (κ3) is 2.75. The molecule has 2 aromatic rings. The molecule has 0 N–H and O–H groups in total. The predicted molar refractivity (Wildman–Crippen MR) is 73.5 cm³/mol. The molecule has 0 aliphatic rings. The Labute approximate surface area is 121 Å². The largest absolute Gasteiger partial charge is 0.493 e. The quantitative estimate of drug-likeness (QED) is 0.791. The monoisotopic (exact) mass is 295 g/mol. The van der Waals surface area contributed by atoms with Gasteiger partial charge in [-0.25, -0.2) is 0 Å². The van der Waals surface area contributed by atoms with Crippen LogP contribution in [0.2, 0.25) is 5.02 Å². The van der Waals surface area contributed by atoms with Crippen molar-refractivity contribution in [3.05, 3.63) is 34.4 Å². The van der Waals surface area contributed by atoms with E-state index in [2.05, 4.69) is 10.2 Å². The molecule has 1 aromatic carbocycles. The maximum atomic E-state index is 11.1. The number of aromatic nitrogens is 3. The minimum Gasteiger partial charge on any atom is -0.493 e. The lowest BCUT2D eigenvalue weighted by Gasteiger charge is -2.12. The first-order valence-electron chi connectivity index (χ1n) is 5.87. The Morgan fingerprint density at radius 2 is 2.15 bits per heavy atom. The average molecular weight is 296 g/mol. The van der Waals surface area contributed by atoms with Crippen LogP contribution in [0.3, 0.4) is 0 Å². The Balaban J connectivity index is 2.28. The molecule has 0 aliphatic carbocycles. The summed E-state index contributed by atoms with van der Waals surface area (Å²) in [7, 11) is 3.33. The maximum Gasteiger partial charge on any atom is 0.172 e. The summed E-state index contributed by atoms with van der Waals surface area (Å²) in [6.07, 6.45) is 0.672. The van der Waals surface area contributed by atoms with Crippen LogP contribution in [0, 0.1) is 6.92 Å². The van der Waals surface area contributed by atoms with E-state index in [0.29, 0.717) is 34.2 Å². The fourth-order valence-corrected chi connectivity index (χ4v) is 1.91. The standard InChI is InChI=1S/C13H14ClN3O3/c1-8-15-16-12(17(8)2)7-20-13-9(6-18)4-10(14)5-11(13)19-3/h4-6H,7H2,1-3H3. The maximum absolute atomic E-state index is 11.1. The molecule has 0 radical (unpaired) electrons. The lowest BCUT2D eigenvalue weighted by atomic mass is 10.2. The van der Waals surface area contributed by atoms with E-state index in [9.17, 15) is 4.79 Å². The zero-order valence-electron chi connectivity index (χ0n) is 11.4. The van der Waals surface area contributed by atoms with Gasteiger partial charge >= 0.3 is 0 Å². The Hall–Kier alpha value is -2.08. The molecule has 0 amide bonds. The van der Waals surface area contributed by atoms with Crippen molar-refractivity contribution in [2.45, 2.75) is 13.5 Å². The highest BCUT2D eigenvalue weighted by atomic mass is 35.5. The summed E-state index contributed by atoms with van der Waals surface area (Å²) in [6.45, 7) is 2.02. The van der Waals surface area contributed by atoms with Gasteiger partial charge in [0.15, 0.2) is 23.6 Å². The number of hydrogen-bond acceptors (Lipinski definition) is 5. The molecule has 0 unspecified atom stereocenters. The fourth-order valence-electron chi connectivity index (χ4n) is 1.70. The van der Waals surface area contributed by atoms with Crippen LogP contribution in [-0.4, -0.2) is 28.2 Å². The number of aldehydes is 1. The molecule has 0 atom stereocenters. The Kier molecular flexibility index (Phi) is 4.24. The summed E-state index contributed by atoms with van der Waals surface area (Å²) in [5, 5.41) is 8.34. The van der Waals surface area contributed by atoms with E-state index >= 15 is 0 Å². The zero-order chi connectivity index (χ0) is 14.7. The minimum atomic E-state index is 0.177. The van der Waals surface area contributed by atoms with Gasteiger partial charge in [-0.1, -0.05) is 11.6 Å². The summed E-state index contributed by atoms with van der Waals surface area (Å²) in [6, 6.07) is 3.11. The van der Waals surface area contributed by atoms with Gasteiger partial charge in [0.1, 0.15) is 12.4 Å². The highest BCUT2D eigenvalue weighted by Crippen LogP contribution is 2.34. The molecule has 0 spiro atoms. The van der Waals surface area contributed by atoms with Gasteiger partial charge in [-0.2, -0.15) is 0 Å². The molecule has 1 aromatic heterocycles. The summed E-state index contributed by atoms with van der Waals surface area (Å²) < 4.78 is 12.6. The van der Waals surface area contributed by atoms with Crippen molar-refractivity contribution in [3.8, 4) is 11.5 Å². The summed E-state index contributed by atoms with van der Waals surface area (Å²) >= 11 is 5.90. The van der Waals surface area contributed by atoms with Gasteiger partial charge in [-0.15, -0.1) is 10.2 Å². The van der Waals surface area contributed by atoms with E-state index in [0.717, 1.165) is 5.82 Å². The fraction of sp³-hybridized carbons (Fsp3) is 0.308. The number of nitrogens with zero attached hydrogens (tertiary/aromatic N) is 3. The first kappa shape index (κ1) is 14.3. The van der Waals surface area contributed by atoms with Crippen molar-refractivity contribution in [2.75, 3.05) is 7.11 Å². The van der Waals surface area contributed by atoms with Crippen molar-refractivity contribution in [2.24, 2.45) is 7.05 Å². The van der Waals surface area contributed by atoms with Crippen molar-refractivity contribution in [3.63, 3.8) is 0 Å². The van der Waals surface area contributed by atoms with E-state index in [4.69, 9.17) is 21.1 Å². The smallest absolute Gasteiger partial charge is 0.172 e. The highest BCUT2D eigenvalue weighted by molar-refractivity contribution is 6.31. The summed E-state index contributed by atoms with van der Waals surface area (Å²) in [4.78, 5) is 11.1. The van der Waals surface area contributed by atoms with Gasteiger partial charge in [-0.05, 0) is 13.0 Å². The molecule has 2 rings (SSSR count). The number of carbonyl (C=O) groups is 1. The van der Waals surface area contributed by atoms with Crippen molar-refractivity contribution < 1.29 is 14.3 Å². The molecule has 0 saturated heterocycles. The van der Waals surface area contributed by atoms with E-state index in [1.165, 1.54) is 13.2 Å². The molecule has 106 valence electrons. The number of aryl methyl sites for hydroxylation is 1. The van der Waals surface area contributed by atoms with Crippen molar-refractivity contribution in [1.29, 1.82) is 0 Å². The van der Waals surface area contributed by atoms with Gasteiger partial charge in [-0.3, -0.25) is 4.79 Å². The molecule has 6 nitrogen and oxygen atoms in total. The zero-order valence-corrected chi connectivity index (χ0v) is 12.1. The second-order valence-electron chi connectivity index (χ2n) is 4.16. The topological polar surface area (TPSA) is 66.2 Å². The van der Waals surface area contributed by atoms with E-state index in [-0.39, 0.29) is 6.61 Å². The Morgan fingerprint density at radius 3 is 2.70 bits per heavy atom. The van der Waals surface area contributed by atoms with Crippen LogP contribution >= 0.6 is 11.6 Å². The number of carbonyl (C=O) groups excluding carboxylic acids is 1. The van der Waals surface area contributed by atoms with Gasteiger partial charge in [0.25, 0.3) is 0 Å². The molecule has 0 bridgehead atoms. The van der Waals surface area contributed by atoms with Crippen LogP contribution in [0.25, 0.3) is 0 Å². The molecule has 1 heterocycles. The van der Waals surface area contributed by atoms with E-state index in [1.54, 1.807) is 6.07 Å². The highest BCUT2D eigenvalue weighted by Gasteiger charge is 2.14. The number of rotatable bonds is 5. The van der Waals surface area contributed by atoms with Crippen LogP contribution in [0.15, 0.2) is 12.1 Å². The molecule has 7 heteroatoms. The van der Waals surface area contributed by atoms with Gasteiger partial charge < -0.3 is 14.0 Å².